The average molecular weight is 318 g/mol. The van der Waals surface area contributed by atoms with Crippen LogP contribution in [0.15, 0.2) is 53.2 Å². The molecular weight excluding hydrogens is 298 g/mol. The van der Waals surface area contributed by atoms with E-state index in [2.05, 4.69) is 11.0 Å². The molecule has 0 radical (unpaired) electrons. The van der Waals surface area contributed by atoms with E-state index in [1.54, 1.807) is 6.26 Å². The van der Waals surface area contributed by atoms with Crippen molar-refractivity contribution >= 4 is 17.2 Å². The highest BCUT2D eigenvalue weighted by molar-refractivity contribution is 6.30. The van der Waals surface area contributed by atoms with Crippen molar-refractivity contribution in [2.24, 2.45) is 0 Å². The highest BCUT2D eigenvalue weighted by Crippen LogP contribution is 2.21. The minimum Gasteiger partial charge on any atom is -0.465 e. The molecule has 1 N–H and O–H groups in total. The van der Waals surface area contributed by atoms with E-state index in [-0.39, 0.29) is 0 Å². The largest absolute Gasteiger partial charge is 0.465 e. The van der Waals surface area contributed by atoms with Gasteiger partial charge in [-0.25, -0.2) is 0 Å². The lowest BCUT2D eigenvalue weighted by atomic mass is 10.0. The van der Waals surface area contributed by atoms with Crippen LogP contribution in [0.4, 0.5) is 0 Å². The van der Waals surface area contributed by atoms with Gasteiger partial charge >= 0.3 is 0 Å². The summed E-state index contributed by atoms with van der Waals surface area (Å²) in [5.74, 6) is 0.925. The highest BCUT2D eigenvalue weighted by atomic mass is 35.5. The molecule has 0 bridgehead atoms. The molecule has 1 aromatic carbocycles. The number of hydrogen-bond donors (Lipinski definition) is 1. The highest BCUT2D eigenvalue weighted by Gasteiger charge is 2.18. The molecule has 0 fully saturated rings. The first kappa shape index (κ1) is 15.3. The number of aliphatic hydroxyl groups is 1. The van der Waals surface area contributed by atoms with Crippen LogP contribution in [0, 0.1) is 0 Å². The van der Waals surface area contributed by atoms with E-state index in [1.807, 2.05) is 36.4 Å². The molecule has 1 atom stereocenters. The molecule has 1 aromatic heterocycles. The van der Waals surface area contributed by atoms with Crippen molar-refractivity contribution in [3.8, 4) is 0 Å². The van der Waals surface area contributed by atoms with Gasteiger partial charge in [-0.2, -0.15) is 0 Å². The first-order valence-corrected chi connectivity index (χ1v) is 7.96. The number of β-amino-alcohol motifs (C(OH)–C–C–N with tert-alkyl or cyclic N) is 1. The number of hydrogen-bond acceptors (Lipinski definition) is 3. The number of benzene rings is 1. The second-order valence-electron chi connectivity index (χ2n) is 5.72. The van der Waals surface area contributed by atoms with Gasteiger partial charge in [0.05, 0.1) is 12.4 Å². The maximum absolute atomic E-state index is 10.3. The third-order valence-electron chi connectivity index (χ3n) is 3.90. The zero-order valence-electron chi connectivity index (χ0n) is 12.4. The lowest BCUT2D eigenvalue weighted by Crippen LogP contribution is -2.37. The summed E-state index contributed by atoms with van der Waals surface area (Å²) in [5.41, 5.74) is 2.27. The predicted octanol–water partition coefficient (Wildman–Crippen LogP) is 3.63. The van der Waals surface area contributed by atoms with Crippen LogP contribution in [0.25, 0.3) is 5.57 Å². The van der Waals surface area contributed by atoms with E-state index in [0.29, 0.717) is 18.0 Å². The van der Waals surface area contributed by atoms with Crippen molar-refractivity contribution in [2.75, 3.05) is 19.6 Å². The second-order valence-corrected chi connectivity index (χ2v) is 6.15. The summed E-state index contributed by atoms with van der Waals surface area (Å²) < 4.78 is 5.46. The van der Waals surface area contributed by atoms with Gasteiger partial charge < -0.3 is 9.52 Å². The van der Waals surface area contributed by atoms with Gasteiger partial charge in [0.15, 0.2) is 0 Å². The normalized spacial score (nSPS) is 17.3. The van der Waals surface area contributed by atoms with Gasteiger partial charge in [0.2, 0.25) is 0 Å². The molecular formula is C18H20ClNO2. The maximum Gasteiger partial charge on any atom is 0.130 e. The number of aliphatic hydroxyl groups excluding tert-OH is 1. The van der Waals surface area contributed by atoms with Crippen LogP contribution in [0.1, 0.15) is 17.7 Å². The molecule has 1 unspecified atom stereocenters. The van der Waals surface area contributed by atoms with Crippen LogP contribution in [0.5, 0.6) is 0 Å². The Bertz CT molecular complexity index is 636. The molecule has 3 rings (SSSR count). The van der Waals surface area contributed by atoms with Crippen LogP contribution in [-0.2, 0) is 6.42 Å². The monoisotopic (exact) mass is 317 g/mol. The summed E-state index contributed by atoms with van der Waals surface area (Å²) in [6.45, 7) is 2.45. The summed E-state index contributed by atoms with van der Waals surface area (Å²) in [6, 6.07) is 11.6. The van der Waals surface area contributed by atoms with Crippen molar-refractivity contribution in [3.63, 3.8) is 0 Å². The zero-order valence-corrected chi connectivity index (χ0v) is 13.2. The second kappa shape index (κ2) is 7.14. The van der Waals surface area contributed by atoms with E-state index in [9.17, 15) is 5.11 Å². The maximum atomic E-state index is 10.3. The minimum atomic E-state index is -0.394. The number of nitrogens with zero attached hydrogens (tertiary/aromatic N) is 1. The molecule has 0 amide bonds. The molecule has 1 aliphatic heterocycles. The topological polar surface area (TPSA) is 36.6 Å². The van der Waals surface area contributed by atoms with Crippen LogP contribution in [-0.4, -0.2) is 35.7 Å². The Morgan fingerprint density at radius 3 is 2.95 bits per heavy atom. The quantitative estimate of drug-likeness (QED) is 0.915. The lowest BCUT2D eigenvalue weighted by molar-refractivity contribution is 0.119. The summed E-state index contributed by atoms with van der Waals surface area (Å²) >= 11 is 5.99. The Morgan fingerprint density at radius 2 is 2.18 bits per heavy atom. The molecule has 3 nitrogen and oxygen atoms in total. The van der Waals surface area contributed by atoms with Gasteiger partial charge in [-0.05, 0) is 42.7 Å². The van der Waals surface area contributed by atoms with Crippen molar-refractivity contribution in [1.29, 1.82) is 0 Å². The Hall–Kier alpha value is -1.55. The van der Waals surface area contributed by atoms with Crippen LogP contribution in [0.2, 0.25) is 5.02 Å². The minimum absolute atomic E-state index is 0.394. The zero-order chi connectivity index (χ0) is 15.4. The van der Waals surface area contributed by atoms with Gasteiger partial charge in [0.1, 0.15) is 5.76 Å². The third kappa shape index (κ3) is 4.01. The number of rotatable bonds is 5. The molecule has 2 heterocycles. The Kier molecular flexibility index (Phi) is 4.98. The van der Waals surface area contributed by atoms with Gasteiger partial charge in [0, 0.05) is 30.2 Å². The summed E-state index contributed by atoms with van der Waals surface area (Å²) in [4.78, 5) is 2.27. The molecule has 116 valence electrons. The number of halogens is 1. The third-order valence-corrected chi connectivity index (χ3v) is 4.13. The first-order valence-electron chi connectivity index (χ1n) is 7.58. The average Bonchev–Trinajstić information content (AvgIpc) is 3.01. The van der Waals surface area contributed by atoms with Crippen LogP contribution < -0.4 is 0 Å². The van der Waals surface area contributed by atoms with Gasteiger partial charge in [-0.15, -0.1) is 0 Å². The fraction of sp³-hybridized carbons (Fsp3) is 0.333. The Labute approximate surface area is 135 Å². The molecule has 1 aliphatic rings. The van der Waals surface area contributed by atoms with Crippen LogP contribution >= 0.6 is 11.6 Å². The molecule has 2 aromatic rings. The van der Waals surface area contributed by atoms with Gasteiger partial charge in [-0.3, -0.25) is 4.90 Å². The molecule has 4 heteroatoms. The van der Waals surface area contributed by atoms with E-state index in [1.165, 1.54) is 5.57 Å². The van der Waals surface area contributed by atoms with Crippen LogP contribution in [0.3, 0.4) is 0 Å². The summed E-state index contributed by atoms with van der Waals surface area (Å²) in [7, 11) is 0. The molecule has 22 heavy (non-hydrogen) atoms. The Morgan fingerprint density at radius 1 is 1.27 bits per heavy atom. The van der Waals surface area contributed by atoms with Crippen molar-refractivity contribution in [3.05, 3.63) is 65.1 Å². The molecule has 0 saturated heterocycles. The van der Waals surface area contributed by atoms with Crippen molar-refractivity contribution in [2.45, 2.75) is 18.9 Å². The molecule has 0 aliphatic carbocycles. The van der Waals surface area contributed by atoms with Gasteiger partial charge in [0.25, 0.3) is 0 Å². The van der Waals surface area contributed by atoms with E-state index >= 15 is 0 Å². The fourth-order valence-corrected chi connectivity index (χ4v) is 3.11. The van der Waals surface area contributed by atoms with E-state index in [0.717, 1.165) is 30.8 Å². The smallest absolute Gasteiger partial charge is 0.130 e. The van der Waals surface area contributed by atoms with Crippen molar-refractivity contribution in [1.82, 2.24) is 4.90 Å². The van der Waals surface area contributed by atoms with E-state index in [4.69, 9.17) is 16.0 Å². The van der Waals surface area contributed by atoms with Gasteiger partial charge in [-0.1, -0.05) is 29.8 Å². The SMILES string of the molecule is OC(Cc1cccc(Cl)c1)CN1CCC=C(c2ccco2)C1. The Balaban J connectivity index is 1.56. The first-order chi connectivity index (χ1) is 10.7. The standard InChI is InChI=1S/C18H20ClNO2/c19-16-6-1-4-14(10-16)11-17(21)13-20-8-2-5-15(12-20)18-7-3-9-22-18/h1,3-7,9-10,17,21H,2,8,11-13H2. The predicted molar refractivity (Wildman–Crippen MR) is 88.9 cm³/mol. The molecule has 0 spiro atoms. The summed E-state index contributed by atoms with van der Waals surface area (Å²) in [6.07, 6.45) is 5.13. The fourth-order valence-electron chi connectivity index (χ4n) is 2.90. The molecule has 0 saturated carbocycles. The summed E-state index contributed by atoms with van der Waals surface area (Å²) in [5, 5.41) is 11.0. The lowest BCUT2D eigenvalue weighted by Gasteiger charge is -2.28. The van der Waals surface area contributed by atoms with Crippen molar-refractivity contribution < 1.29 is 9.52 Å². The van der Waals surface area contributed by atoms with E-state index < -0.39 is 6.10 Å². The number of furan rings is 1.